The lowest BCUT2D eigenvalue weighted by molar-refractivity contribution is 0.0781. The normalized spacial score (nSPS) is 11.1. The fourth-order valence-corrected chi connectivity index (χ4v) is 4.07. The number of nitrogens with one attached hydrogen (secondary N) is 1. The molecule has 6 nitrogen and oxygen atoms in total. The van der Waals surface area contributed by atoms with E-state index in [1.807, 2.05) is 37.3 Å². The van der Waals surface area contributed by atoms with E-state index in [9.17, 15) is 13.2 Å². The molecule has 1 N–H and O–H groups in total. The summed E-state index contributed by atoms with van der Waals surface area (Å²) in [6.07, 6.45) is 3.06. The van der Waals surface area contributed by atoms with Crippen LogP contribution in [0.2, 0.25) is 0 Å². The summed E-state index contributed by atoms with van der Waals surface area (Å²) >= 11 is 0. The van der Waals surface area contributed by atoms with Gasteiger partial charge in [0, 0.05) is 19.8 Å². The minimum Gasteiger partial charge on any atom is -0.337 e. The Hall–Kier alpha value is -3.19. The van der Waals surface area contributed by atoms with Crippen molar-refractivity contribution < 1.29 is 13.2 Å². The molecule has 0 aliphatic heterocycles. The molecule has 0 atom stereocenters. The van der Waals surface area contributed by atoms with Crippen LogP contribution in [0.3, 0.4) is 0 Å². The van der Waals surface area contributed by atoms with E-state index in [1.54, 1.807) is 31.4 Å². The predicted molar refractivity (Wildman–Crippen MR) is 108 cm³/mol. The third kappa shape index (κ3) is 4.55. The summed E-state index contributed by atoms with van der Waals surface area (Å²) in [6.45, 7) is 2.20. The second kappa shape index (κ2) is 8.22. The van der Waals surface area contributed by atoms with E-state index in [0.29, 0.717) is 12.2 Å². The van der Waals surface area contributed by atoms with Gasteiger partial charge in [-0.1, -0.05) is 42.5 Å². The van der Waals surface area contributed by atoms with E-state index < -0.39 is 10.0 Å². The van der Waals surface area contributed by atoms with E-state index in [0.717, 1.165) is 11.1 Å². The van der Waals surface area contributed by atoms with E-state index >= 15 is 0 Å². The number of nitrogens with zero attached hydrogens (tertiary/aromatic N) is 2. The summed E-state index contributed by atoms with van der Waals surface area (Å²) in [7, 11) is -2.30. The first kappa shape index (κ1) is 19.6. The molecule has 3 aromatic rings. The first-order valence-electron chi connectivity index (χ1n) is 8.70. The van der Waals surface area contributed by atoms with Gasteiger partial charge in [-0.15, -0.1) is 0 Å². The van der Waals surface area contributed by atoms with Gasteiger partial charge in [0.2, 0.25) is 0 Å². The van der Waals surface area contributed by atoms with Gasteiger partial charge in [-0.2, -0.15) is 0 Å². The molecule has 2 aromatic carbocycles. The van der Waals surface area contributed by atoms with Crippen molar-refractivity contribution in [2.24, 2.45) is 0 Å². The Bertz CT molecular complexity index is 1080. The van der Waals surface area contributed by atoms with E-state index in [-0.39, 0.29) is 16.4 Å². The van der Waals surface area contributed by atoms with Gasteiger partial charge in [-0.25, -0.2) is 8.42 Å². The lowest BCUT2D eigenvalue weighted by Gasteiger charge is -2.19. The molecule has 0 saturated carbocycles. The molecule has 1 aromatic heterocycles. The van der Waals surface area contributed by atoms with Crippen molar-refractivity contribution in [1.29, 1.82) is 0 Å². The topological polar surface area (TPSA) is 79.4 Å². The van der Waals surface area contributed by atoms with Gasteiger partial charge in [0.1, 0.15) is 4.90 Å². The number of anilines is 1. The van der Waals surface area contributed by atoms with Crippen molar-refractivity contribution in [2.75, 3.05) is 11.8 Å². The predicted octanol–water partition coefficient (Wildman–Crippen LogP) is 3.46. The number of hydrogen-bond donors (Lipinski definition) is 1. The van der Waals surface area contributed by atoms with Crippen molar-refractivity contribution in [3.63, 3.8) is 0 Å². The van der Waals surface area contributed by atoms with Crippen LogP contribution >= 0.6 is 0 Å². The van der Waals surface area contributed by atoms with Crippen molar-refractivity contribution >= 4 is 21.6 Å². The average molecular weight is 395 g/mol. The standard InChI is InChI=1S/C21H21N3O3S/c1-16-12-18(14-22-13-16)23-28(26,27)20-11-7-6-10-19(20)21(25)24(2)15-17-8-4-3-5-9-17/h3-14,23H,15H2,1-2H3. The van der Waals surface area contributed by atoms with Gasteiger partial charge >= 0.3 is 0 Å². The summed E-state index contributed by atoms with van der Waals surface area (Å²) in [5.74, 6) is -0.368. The number of carbonyl (C=O) groups is 1. The Kier molecular flexibility index (Phi) is 5.75. The number of sulfonamides is 1. The van der Waals surface area contributed by atoms with Crippen molar-refractivity contribution in [3.8, 4) is 0 Å². The van der Waals surface area contributed by atoms with Crippen LogP contribution in [-0.2, 0) is 16.6 Å². The third-order valence-corrected chi connectivity index (χ3v) is 5.58. The number of rotatable bonds is 6. The number of carbonyl (C=O) groups excluding carboxylic acids is 1. The molecule has 3 rings (SSSR count). The van der Waals surface area contributed by atoms with Crippen LogP contribution in [0, 0.1) is 6.92 Å². The third-order valence-electron chi connectivity index (χ3n) is 4.14. The van der Waals surface area contributed by atoms with Gasteiger partial charge in [0.05, 0.1) is 17.4 Å². The minimum absolute atomic E-state index is 0.0681. The summed E-state index contributed by atoms with van der Waals surface area (Å²) in [5, 5.41) is 0. The Morgan fingerprint density at radius 3 is 2.43 bits per heavy atom. The molecule has 0 aliphatic rings. The Morgan fingerprint density at radius 2 is 1.71 bits per heavy atom. The van der Waals surface area contributed by atoms with Crippen LogP contribution in [0.1, 0.15) is 21.5 Å². The van der Waals surface area contributed by atoms with Crippen LogP contribution in [0.15, 0.2) is 78.0 Å². The lowest BCUT2D eigenvalue weighted by Crippen LogP contribution is -2.28. The molecule has 7 heteroatoms. The Balaban J connectivity index is 1.88. The molecule has 0 fully saturated rings. The minimum atomic E-state index is -3.95. The summed E-state index contributed by atoms with van der Waals surface area (Å²) in [6, 6.07) is 17.4. The van der Waals surface area contributed by atoms with E-state index in [1.165, 1.54) is 23.2 Å². The number of benzene rings is 2. The first-order valence-corrected chi connectivity index (χ1v) is 10.2. The highest BCUT2D eigenvalue weighted by atomic mass is 32.2. The highest BCUT2D eigenvalue weighted by molar-refractivity contribution is 7.92. The molecule has 0 unspecified atom stereocenters. The average Bonchev–Trinajstić information content (AvgIpc) is 2.68. The van der Waals surface area contributed by atoms with Gasteiger partial charge in [-0.05, 0) is 36.2 Å². The number of pyridine rings is 1. The molecule has 28 heavy (non-hydrogen) atoms. The SMILES string of the molecule is Cc1cncc(NS(=O)(=O)c2ccccc2C(=O)N(C)Cc2ccccc2)c1. The fourth-order valence-electron chi connectivity index (χ4n) is 2.83. The Labute approximate surface area is 164 Å². The summed E-state index contributed by atoms with van der Waals surface area (Å²) in [4.78, 5) is 18.4. The maximum absolute atomic E-state index is 12.9. The van der Waals surface area contributed by atoms with E-state index in [4.69, 9.17) is 0 Å². The zero-order chi connectivity index (χ0) is 20.1. The highest BCUT2D eigenvalue weighted by Crippen LogP contribution is 2.21. The fraction of sp³-hybridized carbons (Fsp3) is 0.143. The molecular weight excluding hydrogens is 374 g/mol. The monoisotopic (exact) mass is 395 g/mol. The molecule has 0 aliphatic carbocycles. The van der Waals surface area contributed by atoms with Crippen molar-refractivity contribution in [2.45, 2.75) is 18.4 Å². The zero-order valence-electron chi connectivity index (χ0n) is 15.7. The maximum Gasteiger partial charge on any atom is 0.262 e. The first-order chi connectivity index (χ1) is 13.4. The molecule has 0 spiro atoms. The molecular formula is C21H21N3O3S. The highest BCUT2D eigenvalue weighted by Gasteiger charge is 2.24. The van der Waals surface area contributed by atoms with Crippen LogP contribution in [0.4, 0.5) is 5.69 Å². The maximum atomic E-state index is 12.9. The summed E-state index contributed by atoms with van der Waals surface area (Å²) in [5.41, 5.74) is 2.25. The van der Waals surface area contributed by atoms with E-state index in [2.05, 4.69) is 9.71 Å². The lowest BCUT2D eigenvalue weighted by atomic mass is 10.1. The number of hydrogen-bond acceptors (Lipinski definition) is 4. The molecule has 1 heterocycles. The molecule has 0 saturated heterocycles. The number of aromatic nitrogens is 1. The zero-order valence-corrected chi connectivity index (χ0v) is 16.5. The molecule has 1 amide bonds. The molecule has 0 bridgehead atoms. The molecule has 0 radical (unpaired) electrons. The van der Waals surface area contributed by atoms with Gasteiger partial charge in [-0.3, -0.25) is 14.5 Å². The number of amides is 1. The largest absolute Gasteiger partial charge is 0.337 e. The second-order valence-corrected chi connectivity index (χ2v) is 8.15. The van der Waals surface area contributed by atoms with Crippen molar-refractivity contribution in [1.82, 2.24) is 9.88 Å². The Morgan fingerprint density at radius 1 is 1.04 bits per heavy atom. The summed E-state index contributed by atoms with van der Waals surface area (Å²) < 4.78 is 28.3. The number of aryl methyl sites for hydroxylation is 1. The van der Waals surface area contributed by atoms with Crippen LogP contribution < -0.4 is 4.72 Å². The van der Waals surface area contributed by atoms with Gasteiger partial charge in [0.15, 0.2) is 0 Å². The van der Waals surface area contributed by atoms with Crippen LogP contribution in [-0.4, -0.2) is 31.3 Å². The second-order valence-electron chi connectivity index (χ2n) is 6.50. The molecule has 144 valence electrons. The van der Waals surface area contributed by atoms with Crippen LogP contribution in [0.5, 0.6) is 0 Å². The quantitative estimate of drug-likeness (QED) is 0.693. The van der Waals surface area contributed by atoms with Crippen molar-refractivity contribution in [3.05, 3.63) is 89.7 Å². The van der Waals surface area contributed by atoms with Gasteiger partial charge in [0.25, 0.3) is 15.9 Å². The van der Waals surface area contributed by atoms with Crippen LogP contribution in [0.25, 0.3) is 0 Å². The van der Waals surface area contributed by atoms with Gasteiger partial charge < -0.3 is 4.90 Å². The smallest absolute Gasteiger partial charge is 0.262 e.